The molecule has 0 atom stereocenters. The number of nitrogens with zero attached hydrogens (tertiary/aromatic N) is 5. The molecule has 0 radical (unpaired) electrons. The molecule has 0 fully saturated rings. The Balaban J connectivity index is 1.45. The second-order valence-electron chi connectivity index (χ2n) is 7.18. The van der Waals surface area contributed by atoms with Gasteiger partial charge in [-0.05, 0) is 48.5 Å². The first-order chi connectivity index (χ1) is 16.1. The molecule has 33 heavy (non-hydrogen) atoms. The van der Waals surface area contributed by atoms with Crippen LogP contribution < -0.4 is 5.56 Å². The summed E-state index contributed by atoms with van der Waals surface area (Å²) >= 11 is 1.40. The number of carbonyl (C=O) groups is 1. The maximum absolute atomic E-state index is 13.3. The number of carboxylic acid groups (broad SMARTS) is 1. The van der Waals surface area contributed by atoms with Gasteiger partial charge in [0.05, 0.1) is 39.7 Å². The first kappa shape index (κ1) is 20.7. The van der Waals surface area contributed by atoms with Crippen LogP contribution in [0, 0.1) is 0 Å². The summed E-state index contributed by atoms with van der Waals surface area (Å²) in [6.07, 6.45) is 1.77. The topological polar surface area (TPSA) is 103 Å². The fraction of sp³-hybridized carbons (Fsp3) is 0.0417. The summed E-state index contributed by atoms with van der Waals surface area (Å²) in [5.41, 5.74) is 2.86. The van der Waals surface area contributed by atoms with Crippen molar-refractivity contribution in [2.24, 2.45) is 0 Å². The van der Waals surface area contributed by atoms with Crippen LogP contribution in [0.3, 0.4) is 0 Å². The van der Waals surface area contributed by atoms with Crippen molar-refractivity contribution in [1.29, 1.82) is 0 Å². The molecule has 9 heteroatoms. The van der Waals surface area contributed by atoms with Crippen LogP contribution in [0.25, 0.3) is 22.3 Å². The Labute approximate surface area is 192 Å². The Morgan fingerprint density at radius 2 is 1.64 bits per heavy atom. The molecular formula is C24H17N5O3S. The summed E-state index contributed by atoms with van der Waals surface area (Å²) < 4.78 is 3.20. The van der Waals surface area contributed by atoms with Crippen LogP contribution in [0.15, 0.2) is 95.0 Å². The molecule has 162 valence electrons. The normalized spacial score (nSPS) is 11.0. The van der Waals surface area contributed by atoms with E-state index in [-0.39, 0.29) is 11.1 Å². The fourth-order valence-electron chi connectivity index (χ4n) is 3.40. The summed E-state index contributed by atoms with van der Waals surface area (Å²) in [6.45, 7) is 0. The SMILES string of the molecule is O=C(O)c1ccc(-n2cc(CSc3nc4ccccc4c(=O)n3-c3ccccc3)nn2)cc1. The zero-order valence-corrected chi connectivity index (χ0v) is 18.0. The van der Waals surface area contributed by atoms with Crippen molar-refractivity contribution in [1.82, 2.24) is 24.5 Å². The molecule has 0 unspecified atom stereocenters. The van der Waals surface area contributed by atoms with Crippen molar-refractivity contribution in [3.63, 3.8) is 0 Å². The molecule has 0 saturated heterocycles. The van der Waals surface area contributed by atoms with Gasteiger partial charge in [0, 0.05) is 5.75 Å². The number of fused-ring (bicyclic) bond motifs is 1. The zero-order chi connectivity index (χ0) is 22.8. The van der Waals surface area contributed by atoms with E-state index in [9.17, 15) is 9.59 Å². The van der Waals surface area contributed by atoms with E-state index in [0.29, 0.717) is 33.2 Å². The third-order valence-corrected chi connectivity index (χ3v) is 6.00. The van der Waals surface area contributed by atoms with Crippen molar-refractivity contribution in [2.75, 3.05) is 0 Å². The Morgan fingerprint density at radius 1 is 0.909 bits per heavy atom. The van der Waals surface area contributed by atoms with Crippen LogP contribution >= 0.6 is 11.8 Å². The van der Waals surface area contributed by atoms with Gasteiger partial charge in [-0.3, -0.25) is 9.36 Å². The first-order valence-electron chi connectivity index (χ1n) is 10.0. The summed E-state index contributed by atoms with van der Waals surface area (Å²) in [6, 6.07) is 23.1. The van der Waals surface area contributed by atoms with Crippen LogP contribution in [0.4, 0.5) is 0 Å². The third-order valence-electron chi connectivity index (χ3n) is 5.03. The molecule has 0 aliphatic rings. The molecule has 0 aliphatic carbocycles. The van der Waals surface area contributed by atoms with Gasteiger partial charge >= 0.3 is 5.97 Å². The summed E-state index contributed by atoms with van der Waals surface area (Å²) in [7, 11) is 0. The molecule has 3 aromatic carbocycles. The molecule has 5 rings (SSSR count). The zero-order valence-electron chi connectivity index (χ0n) is 17.2. The monoisotopic (exact) mass is 455 g/mol. The molecule has 0 aliphatic heterocycles. The number of aromatic carboxylic acids is 1. The lowest BCUT2D eigenvalue weighted by Gasteiger charge is -2.12. The maximum Gasteiger partial charge on any atom is 0.335 e. The van der Waals surface area contributed by atoms with Crippen molar-refractivity contribution in [3.8, 4) is 11.4 Å². The van der Waals surface area contributed by atoms with E-state index in [1.54, 1.807) is 33.6 Å². The van der Waals surface area contributed by atoms with Gasteiger partial charge in [0.25, 0.3) is 5.56 Å². The van der Waals surface area contributed by atoms with Gasteiger partial charge in [0.1, 0.15) is 0 Å². The minimum absolute atomic E-state index is 0.128. The number of hydrogen-bond donors (Lipinski definition) is 1. The number of thioether (sulfide) groups is 1. The van der Waals surface area contributed by atoms with Crippen LogP contribution in [-0.2, 0) is 5.75 Å². The first-order valence-corrected chi connectivity index (χ1v) is 11.0. The lowest BCUT2D eigenvalue weighted by Crippen LogP contribution is -2.21. The van der Waals surface area contributed by atoms with Gasteiger partial charge in [-0.15, -0.1) is 5.10 Å². The van der Waals surface area contributed by atoms with Crippen LogP contribution in [0.1, 0.15) is 16.1 Å². The molecule has 1 N–H and O–H groups in total. The second kappa shape index (κ2) is 8.71. The number of benzene rings is 3. The van der Waals surface area contributed by atoms with Gasteiger partial charge in [-0.2, -0.15) is 0 Å². The summed E-state index contributed by atoms with van der Waals surface area (Å²) in [4.78, 5) is 29.0. The molecule has 0 spiro atoms. The Kier molecular flexibility index (Phi) is 5.45. The quantitative estimate of drug-likeness (QED) is 0.305. The standard InChI is InChI=1S/C24H17N5O3S/c30-22-20-8-4-5-9-21(20)25-24(29(22)19-6-2-1-3-7-19)33-15-17-14-28(27-26-17)18-12-10-16(11-13-18)23(31)32/h1-14H,15H2,(H,31,32). The minimum Gasteiger partial charge on any atom is -0.478 e. The molecule has 5 aromatic rings. The maximum atomic E-state index is 13.3. The van der Waals surface area contributed by atoms with E-state index < -0.39 is 5.97 Å². The highest BCUT2D eigenvalue weighted by Gasteiger charge is 2.14. The van der Waals surface area contributed by atoms with E-state index in [4.69, 9.17) is 10.1 Å². The lowest BCUT2D eigenvalue weighted by molar-refractivity contribution is 0.0697. The third kappa shape index (κ3) is 4.13. The number of rotatable bonds is 6. The van der Waals surface area contributed by atoms with E-state index in [2.05, 4.69) is 10.3 Å². The van der Waals surface area contributed by atoms with Crippen LogP contribution in [0.5, 0.6) is 0 Å². The number of aromatic nitrogens is 5. The average molecular weight is 455 g/mol. The van der Waals surface area contributed by atoms with E-state index in [1.807, 2.05) is 48.5 Å². The highest BCUT2D eigenvalue weighted by molar-refractivity contribution is 7.98. The van der Waals surface area contributed by atoms with Gasteiger partial charge in [0.2, 0.25) is 0 Å². The van der Waals surface area contributed by atoms with Gasteiger partial charge < -0.3 is 5.11 Å². The molecule has 2 heterocycles. The predicted molar refractivity (Wildman–Crippen MR) is 125 cm³/mol. The lowest BCUT2D eigenvalue weighted by atomic mass is 10.2. The Hall–Kier alpha value is -4.24. The molecular weight excluding hydrogens is 438 g/mol. The van der Waals surface area contributed by atoms with Crippen molar-refractivity contribution in [3.05, 3.63) is 107 Å². The summed E-state index contributed by atoms with van der Waals surface area (Å²) in [5, 5.41) is 18.5. The van der Waals surface area contributed by atoms with Crippen LogP contribution in [0.2, 0.25) is 0 Å². The second-order valence-corrected chi connectivity index (χ2v) is 8.13. The van der Waals surface area contributed by atoms with Gasteiger partial charge in [-0.25, -0.2) is 14.5 Å². The van der Waals surface area contributed by atoms with Crippen molar-refractivity contribution < 1.29 is 9.90 Å². The minimum atomic E-state index is -0.982. The average Bonchev–Trinajstić information content (AvgIpc) is 3.32. The number of carboxylic acids is 1. The fourth-order valence-corrected chi connectivity index (χ4v) is 4.29. The smallest absolute Gasteiger partial charge is 0.335 e. The van der Waals surface area contributed by atoms with E-state index in [1.165, 1.54) is 23.9 Å². The Bertz CT molecular complexity index is 1510. The Morgan fingerprint density at radius 3 is 2.39 bits per heavy atom. The largest absolute Gasteiger partial charge is 0.478 e. The van der Waals surface area contributed by atoms with Crippen molar-refractivity contribution in [2.45, 2.75) is 10.9 Å². The van der Waals surface area contributed by atoms with E-state index >= 15 is 0 Å². The molecule has 0 bridgehead atoms. The molecule has 2 aromatic heterocycles. The molecule has 0 amide bonds. The van der Waals surface area contributed by atoms with Crippen molar-refractivity contribution >= 4 is 28.6 Å². The van der Waals surface area contributed by atoms with Crippen LogP contribution in [-0.4, -0.2) is 35.6 Å². The highest BCUT2D eigenvalue weighted by atomic mass is 32.2. The molecule has 8 nitrogen and oxygen atoms in total. The number of hydrogen-bond acceptors (Lipinski definition) is 6. The van der Waals surface area contributed by atoms with Gasteiger partial charge in [-0.1, -0.05) is 47.3 Å². The van der Waals surface area contributed by atoms with Gasteiger partial charge in [0.15, 0.2) is 5.16 Å². The molecule has 0 saturated carbocycles. The summed E-state index contributed by atoms with van der Waals surface area (Å²) in [5.74, 6) is -0.533. The predicted octanol–water partition coefficient (Wildman–Crippen LogP) is 3.96. The number of para-hydroxylation sites is 2. The van der Waals surface area contributed by atoms with E-state index in [0.717, 1.165) is 5.69 Å². The highest BCUT2D eigenvalue weighted by Crippen LogP contribution is 2.24.